The van der Waals surface area contributed by atoms with E-state index >= 15 is 0 Å². The Hall–Kier alpha value is -1.19. The van der Waals surface area contributed by atoms with Gasteiger partial charge in [-0.15, -0.1) is 11.3 Å². The molecule has 0 saturated carbocycles. The van der Waals surface area contributed by atoms with E-state index in [1.807, 2.05) is 11.3 Å². The van der Waals surface area contributed by atoms with Crippen LogP contribution in [0.3, 0.4) is 0 Å². The Morgan fingerprint density at radius 1 is 1.28 bits per heavy atom. The second kappa shape index (κ2) is 11.3. The number of ether oxygens (including phenoxy) is 1. The van der Waals surface area contributed by atoms with E-state index in [0.29, 0.717) is 12.1 Å². The molecule has 29 heavy (non-hydrogen) atoms. The molecule has 164 valence electrons. The Morgan fingerprint density at radius 2 is 2.14 bits per heavy atom. The molecule has 0 radical (unpaired) electrons. The molecule has 8 heteroatoms. The predicted octanol–water partition coefficient (Wildman–Crippen LogP) is 1.31. The van der Waals surface area contributed by atoms with Gasteiger partial charge in [-0.25, -0.2) is 0 Å². The number of likely N-dealkylation sites (N-methyl/N-ethyl adjacent to an activating group) is 2. The fraction of sp³-hybridized carbons (Fsp3) is 0.762. The summed E-state index contributed by atoms with van der Waals surface area (Å²) >= 11 is 1.82. The third-order valence-corrected chi connectivity index (χ3v) is 6.81. The average Bonchev–Trinajstić information content (AvgIpc) is 3.23. The second-order valence-electron chi connectivity index (χ2n) is 8.20. The van der Waals surface area contributed by atoms with Crippen molar-refractivity contribution in [2.24, 2.45) is 4.99 Å². The van der Waals surface area contributed by atoms with E-state index in [9.17, 15) is 0 Å². The van der Waals surface area contributed by atoms with Crippen LogP contribution in [0.25, 0.3) is 0 Å². The number of rotatable bonds is 7. The van der Waals surface area contributed by atoms with Crippen LogP contribution in [-0.2, 0) is 4.74 Å². The first-order valence-electron chi connectivity index (χ1n) is 10.9. The predicted molar refractivity (Wildman–Crippen MR) is 122 cm³/mol. The maximum atomic E-state index is 5.76. The largest absolute Gasteiger partial charge is 0.376 e. The molecule has 2 fully saturated rings. The third-order valence-electron chi connectivity index (χ3n) is 5.84. The molecule has 7 nitrogen and oxygen atoms in total. The lowest BCUT2D eigenvalue weighted by atomic mass is 10.1. The summed E-state index contributed by atoms with van der Waals surface area (Å²) in [6.45, 7) is 12.9. The van der Waals surface area contributed by atoms with E-state index in [-0.39, 0.29) is 6.10 Å². The van der Waals surface area contributed by atoms with Gasteiger partial charge in [0.25, 0.3) is 0 Å². The zero-order valence-electron chi connectivity index (χ0n) is 18.4. The Kier molecular flexibility index (Phi) is 8.74. The Labute approximate surface area is 180 Å². The minimum atomic E-state index is 0.278. The lowest BCUT2D eigenvalue weighted by Crippen LogP contribution is -2.55. The number of nitrogens with one attached hydrogen (secondary N) is 2. The molecule has 3 atom stereocenters. The number of thiophene rings is 1. The molecule has 1 aromatic rings. The van der Waals surface area contributed by atoms with Crippen LogP contribution in [0, 0.1) is 0 Å². The number of hydrogen-bond acceptors (Lipinski definition) is 6. The Balaban J connectivity index is 1.64. The molecule has 2 saturated heterocycles. The van der Waals surface area contributed by atoms with Gasteiger partial charge in [0.2, 0.25) is 0 Å². The van der Waals surface area contributed by atoms with Crippen molar-refractivity contribution in [3.8, 4) is 0 Å². The summed E-state index contributed by atoms with van der Waals surface area (Å²) in [7, 11) is 4.42. The van der Waals surface area contributed by atoms with Gasteiger partial charge in [0, 0.05) is 56.7 Å². The normalized spacial score (nSPS) is 26.4. The van der Waals surface area contributed by atoms with Gasteiger partial charge >= 0.3 is 0 Å². The van der Waals surface area contributed by atoms with Gasteiger partial charge in [-0.1, -0.05) is 6.07 Å². The minimum Gasteiger partial charge on any atom is -0.376 e. The molecule has 2 aliphatic heterocycles. The Morgan fingerprint density at radius 3 is 2.86 bits per heavy atom. The number of piperazine rings is 1. The fourth-order valence-electron chi connectivity index (χ4n) is 4.05. The van der Waals surface area contributed by atoms with Crippen molar-refractivity contribution in [1.29, 1.82) is 0 Å². The first kappa shape index (κ1) is 22.5. The molecule has 0 aromatic carbocycles. The van der Waals surface area contributed by atoms with E-state index < -0.39 is 0 Å². The van der Waals surface area contributed by atoms with Crippen LogP contribution in [-0.4, -0.2) is 106 Å². The number of morpholine rings is 1. The standard InChI is InChI=1S/C21H38N6OS/c1-5-22-21(23-13-18-16-25(3)8-9-26(18)4)24-14-19(20-7-6-12-29-20)27-10-11-28-17(2)15-27/h6-7,12,17-19H,5,8-11,13-16H2,1-4H3,(H2,22,23,24). The highest BCUT2D eigenvalue weighted by molar-refractivity contribution is 7.10. The SMILES string of the molecule is CCNC(=NCC(c1cccs1)N1CCOC(C)C1)NCC1CN(C)CCN1C. The summed E-state index contributed by atoms with van der Waals surface area (Å²) in [6.07, 6.45) is 0.278. The highest BCUT2D eigenvalue weighted by Crippen LogP contribution is 2.27. The summed E-state index contributed by atoms with van der Waals surface area (Å²) in [5, 5.41) is 9.17. The van der Waals surface area contributed by atoms with E-state index in [4.69, 9.17) is 9.73 Å². The van der Waals surface area contributed by atoms with Crippen LogP contribution in [0.4, 0.5) is 0 Å². The van der Waals surface area contributed by atoms with Crippen molar-refractivity contribution in [2.75, 3.05) is 73.1 Å². The molecule has 0 bridgehead atoms. The smallest absolute Gasteiger partial charge is 0.191 e. The zero-order chi connectivity index (χ0) is 20.6. The molecule has 3 unspecified atom stereocenters. The fourth-order valence-corrected chi connectivity index (χ4v) is 4.90. The summed E-state index contributed by atoms with van der Waals surface area (Å²) in [6, 6.07) is 5.18. The van der Waals surface area contributed by atoms with Crippen molar-refractivity contribution in [2.45, 2.75) is 32.0 Å². The van der Waals surface area contributed by atoms with Gasteiger partial charge < -0.3 is 20.3 Å². The molecule has 1 aromatic heterocycles. The van der Waals surface area contributed by atoms with Gasteiger partial charge in [-0.3, -0.25) is 14.8 Å². The molecule has 0 spiro atoms. The minimum absolute atomic E-state index is 0.278. The monoisotopic (exact) mass is 422 g/mol. The zero-order valence-corrected chi connectivity index (χ0v) is 19.2. The van der Waals surface area contributed by atoms with Crippen LogP contribution >= 0.6 is 11.3 Å². The van der Waals surface area contributed by atoms with Crippen molar-refractivity contribution in [3.63, 3.8) is 0 Å². The van der Waals surface area contributed by atoms with Crippen LogP contribution in [0.1, 0.15) is 24.8 Å². The highest BCUT2D eigenvalue weighted by atomic mass is 32.1. The number of hydrogen-bond donors (Lipinski definition) is 2. The number of nitrogens with zero attached hydrogens (tertiary/aromatic N) is 4. The summed E-state index contributed by atoms with van der Waals surface area (Å²) in [4.78, 5) is 13.7. The first-order chi connectivity index (χ1) is 14.1. The molecular formula is C21H38N6OS. The lowest BCUT2D eigenvalue weighted by molar-refractivity contribution is -0.0327. The van der Waals surface area contributed by atoms with Gasteiger partial charge in [0.15, 0.2) is 5.96 Å². The highest BCUT2D eigenvalue weighted by Gasteiger charge is 2.26. The molecule has 2 N–H and O–H groups in total. The third kappa shape index (κ3) is 6.65. The maximum absolute atomic E-state index is 5.76. The summed E-state index contributed by atoms with van der Waals surface area (Å²) in [5.41, 5.74) is 0. The van der Waals surface area contributed by atoms with Crippen molar-refractivity contribution in [3.05, 3.63) is 22.4 Å². The maximum Gasteiger partial charge on any atom is 0.191 e. The average molecular weight is 423 g/mol. The molecule has 0 amide bonds. The van der Waals surface area contributed by atoms with E-state index in [2.05, 4.69) is 70.8 Å². The Bertz CT molecular complexity index is 625. The van der Waals surface area contributed by atoms with Crippen molar-refractivity contribution in [1.82, 2.24) is 25.3 Å². The van der Waals surface area contributed by atoms with Gasteiger partial charge in [0.1, 0.15) is 0 Å². The molecule has 0 aliphatic carbocycles. The van der Waals surface area contributed by atoms with Crippen molar-refractivity contribution >= 4 is 17.3 Å². The van der Waals surface area contributed by atoms with Crippen LogP contribution in [0.2, 0.25) is 0 Å². The van der Waals surface area contributed by atoms with E-state index in [1.165, 1.54) is 4.88 Å². The van der Waals surface area contributed by atoms with E-state index in [1.54, 1.807) is 0 Å². The molecule has 3 heterocycles. The number of guanidine groups is 1. The molecule has 3 rings (SSSR count). The summed E-state index contributed by atoms with van der Waals surface area (Å²) in [5.74, 6) is 0.914. The number of aliphatic imine (C=N–C) groups is 1. The van der Waals surface area contributed by atoms with Crippen LogP contribution in [0.5, 0.6) is 0 Å². The topological polar surface area (TPSA) is 55.4 Å². The first-order valence-corrected chi connectivity index (χ1v) is 11.7. The van der Waals surface area contributed by atoms with Crippen molar-refractivity contribution < 1.29 is 4.74 Å². The van der Waals surface area contributed by atoms with Gasteiger partial charge in [-0.05, 0) is 39.4 Å². The van der Waals surface area contributed by atoms with Gasteiger partial charge in [-0.2, -0.15) is 0 Å². The molecule has 2 aliphatic rings. The van der Waals surface area contributed by atoms with Crippen LogP contribution in [0.15, 0.2) is 22.5 Å². The lowest BCUT2D eigenvalue weighted by Gasteiger charge is -2.38. The van der Waals surface area contributed by atoms with Crippen LogP contribution < -0.4 is 10.6 Å². The summed E-state index contributed by atoms with van der Waals surface area (Å²) < 4.78 is 5.76. The van der Waals surface area contributed by atoms with Gasteiger partial charge in [0.05, 0.1) is 25.3 Å². The second-order valence-corrected chi connectivity index (χ2v) is 9.18. The molecular weight excluding hydrogens is 384 g/mol. The quantitative estimate of drug-likeness (QED) is 0.511. The van der Waals surface area contributed by atoms with E-state index in [0.717, 1.165) is 64.9 Å².